The lowest BCUT2D eigenvalue weighted by Gasteiger charge is -2.21. The zero-order chi connectivity index (χ0) is 79.4. The molecular formula is C91H156O16P2. The number of aliphatic hydroxyl groups is 2. The van der Waals surface area contributed by atoms with E-state index in [1.807, 2.05) is 0 Å². The van der Waals surface area contributed by atoms with Crippen LogP contribution in [0.2, 0.25) is 0 Å². The summed E-state index contributed by atoms with van der Waals surface area (Å²) in [6.45, 7) is 2.52. The highest BCUT2D eigenvalue weighted by Gasteiger charge is 2.29. The highest BCUT2D eigenvalue weighted by Crippen LogP contribution is 2.45. The number of aliphatic hydroxyl groups excluding tert-OH is 2. The number of ether oxygens (including phenoxy) is 3. The molecule has 0 aliphatic carbocycles. The number of unbranched alkanes of at least 4 members (excludes halogenated alkanes) is 34. The molecule has 0 fully saturated rings. The van der Waals surface area contributed by atoms with Crippen molar-refractivity contribution in [2.45, 2.75) is 373 Å². The van der Waals surface area contributed by atoms with E-state index in [2.05, 4.69) is 167 Å². The van der Waals surface area contributed by atoms with E-state index in [1.165, 1.54) is 122 Å². The van der Waals surface area contributed by atoms with Crippen molar-refractivity contribution in [2.75, 3.05) is 39.6 Å². The fourth-order valence-electron chi connectivity index (χ4n) is 11.5. The van der Waals surface area contributed by atoms with Crippen molar-refractivity contribution >= 4 is 33.6 Å². The van der Waals surface area contributed by atoms with E-state index in [0.29, 0.717) is 19.3 Å². The van der Waals surface area contributed by atoms with E-state index in [1.54, 1.807) is 0 Å². The normalized spacial score (nSPS) is 14.6. The lowest BCUT2D eigenvalue weighted by molar-refractivity contribution is -0.161. The van der Waals surface area contributed by atoms with Crippen LogP contribution in [0.15, 0.2) is 146 Å². The van der Waals surface area contributed by atoms with Crippen LogP contribution in [0.1, 0.15) is 355 Å². The van der Waals surface area contributed by atoms with Gasteiger partial charge in [-0.15, -0.1) is 0 Å². The van der Waals surface area contributed by atoms with Crippen LogP contribution in [-0.4, -0.2) is 95.9 Å². The minimum absolute atomic E-state index is 0.0846. The first-order valence-corrected chi connectivity index (χ1v) is 46.1. The van der Waals surface area contributed by atoms with E-state index >= 15 is 0 Å². The number of allylic oxidation sites excluding steroid dienone is 24. The van der Waals surface area contributed by atoms with Gasteiger partial charge in [0.25, 0.3) is 0 Å². The molecule has 0 saturated carbocycles. The average molecular weight is 1570 g/mol. The second kappa shape index (κ2) is 82.9. The van der Waals surface area contributed by atoms with Gasteiger partial charge in [-0.2, -0.15) is 0 Å². The van der Waals surface area contributed by atoms with Crippen LogP contribution in [-0.2, 0) is 55.8 Å². The monoisotopic (exact) mass is 1570 g/mol. The largest absolute Gasteiger partial charge is 0.472 e. The highest BCUT2D eigenvalue weighted by molar-refractivity contribution is 7.47. The topological polar surface area (TPSA) is 231 Å². The highest BCUT2D eigenvalue weighted by atomic mass is 31.2. The zero-order valence-corrected chi connectivity index (χ0v) is 70.5. The van der Waals surface area contributed by atoms with Crippen molar-refractivity contribution in [3.05, 3.63) is 146 Å². The maximum Gasteiger partial charge on any atom is 0.472 e. The second-order valence-electron chi connectivity index (χ2n) is 28.6. The molecule has 18 heteroatoms. The first-order chi connectivity index (χ1) is 53.2. The summed E-state index contributed by atoms with van der Waals surface area (Å²) in [7, 11) is -9.81. The summed E-state index contributed by atoms with van der Waals surface area (Å²) < 4.78 is 61.3. The molecule has 0 heterocycles. The molecule has 5 atom stereocenters. The number of phosphoric ester groups is 2. The number of carbonyl (C=O) groups is 3. The Hall–Kier alpha value is -4.57. The number of hydrogen-bond donors (Lipinski definition) is 4. The molecular weight excluding hydrogens is 1410 g/mol. The summed E-state index contributed by atoms with van der Waals surface area (Å²) in [5.74, 6) is -1.60. The fraction of sp³-hybridized carbons (Fsp3) is 0.703. The molecule has 0 rings (SSSR count). The lowest BCUT2D eigenvalue weighted by Crippen LogP contribution is -2.30. The SMILES string of the molecule is CC/C=C\C/C=C\C/C=C\C/C=C\C/C=C\CCCCCCCCCCCCCCCCCC(=O)OCC(O)COP(=O)(O)OCC(O)COP(=O)(O)OCC(COC(=O)CCCCCCCCC/C=C\C/C=C\C/C=C\C/C=C\CCCCC)OC(=O)CCCCCCCC/C=C\C/C=C\C/C=C\CCCCC. The summed E-state index contributed by atoms with van der Waals surface area (Å²) in [5, 5.41) is 20.7. The Balaban J connectivity index is 4.57. The Labute approximate surface area is 664 Å². The van der Waals surface area contributed by atoms with Crippen LogP contribution in [0.5, 0.6) is 0 Å². The van der Waals surface area contributed by atoms with E-state index in [0.717, 1.165) is 173 Å². The van der Waals surface area contributed by atoms with Gasteiger partial charge >= 0.3 is 33.6 Å². The van der Waals surface area contributed by atoms with Crippen molar-refractivity contribution in [1.29, 1.82) is 0 Å². The lowest BCUT2D eigenvalue weighted by atomic mass is 10.0. The van der Waals surface area contributed by atoms with Crippen LogP contribution >= 0.6 is 15.6 Å². The van der Waals surface area contributed by atoms with Crippen molar-refractivity contribution < 1.29 is 75.8 Å². The molecule has 16 nitrogen and oxygen atoms in total. The maximum absolute atomic E-state index is 13.0. The van der Waals surface area contributed by atoms with Crippen molar-refractivity contribution in [3.63, 3.8) is 0 Å². The third kappa shape index (κ3) is 84.2. The Kier molecular flexibility index (Phi) is 79.4. The van der Waals surface area contributed by atoms with Crippen LogP contribution < -0.4 is 0 Å². The van der Waals surface area contributed by atoms with E-state index in [-0.39, 0.29) is 19.3 Å². The molecule has 4 N–H and O–H groups in total. The third-order valence-electron chi connectivity index (χ3n) is 18.0. The van der Waals surface area contributed by atoms with E-state index in [4.69, 9.17) is 32.3 Å². The molecule has 0 aromatic heterocycles. The molecule has 0 spiro atoms. The molecule has 0 aromatic rings. The summed E-state index contributed by atoms with van der Waals surface area (Å²) in [6.07, 6.45) is 103. The minimum Gasteiger partial charge on any atom is -0.463 e. The zero-order valence-electron chi connectivity index (χ0n) is 68.7. The number of phosphoric acid groups is 2. The molecule has 626 valence electrons. The molecule has 109 heavy (non-hydrogen) atoms. The maximum atomic E-state index is 13.0. The predicted molar refractivity (Wildman–Crippen MR) is 454 cm³/mol. The summed E-state index contributed by atoms with van der Waals surface area (Å²) in [6, 6.07) is 0. The number of esters is 3. The molecule has 0 amide bonds. The minimum atomic E-state index is -4.94. The Bertz CT molecular complexity index is 2560. The van der Waals surface area contributed by atoms with Gasteiger partial charge in [0.05, 0.1) is 26.4 Å². The molecule has 0 radical (unpaired) electrons. The van der Waals surface area contributed by atoms with Crippen LogP contribution in [0, 0.1) is 0 Å². The smallest absolute Gasteiger partial charge is 0.463 e. The Morgan fingerprint density at radius 1 is 0.266 bits per heavy atom. The predicted octanol–water partition coefficient (Wildman–Crippen LogP) is 26.0. The molecule has 5 unspecified atom stereocenters. The Morgan fingerprint density at radius 2 is 0.486 bits per heavy atom. The number of carbonyl (C=O) groups excluding carboxylic acids is 3. The molecule has 0 aromatic carbocycles. The quantitative estimate of drug-likeness (QED) is 0.0146. The first kappa shape index (κ1) is 104. The van der Waals surface area contributed by atoms with E-state index < -0.39 is 91.5 Å². The molecule has 0 bridgehead atoms. The van der Waals surface area contributed by atoms with Gasteiger partial charge in [0, 0.05) is 19.3 Å². The second-order valence-corrected chi connectivity index (χ2v) is 31.5. The molecule has 0 aliphatic heterocycles. The van der Waals surface area contributed by atoms with Crippen molar-refractivity contribution in [2.24, 2.45) is 0 Å². The van der Waals surface area contributed by atoms with Gasteiger partial charge in [-0.1, -0.05) is 334 Å². The standard InChI is InChI=1S/C91H156O16P2/c1-4-7-10-13-16-19-22-25-28-31-34-36-38-39-40-41-42-43-44-45-47-49-51-53-56-59-62-65-68-71-74-77-89(94)101-80-86(92)81-103-108(97,98)104-82-87(93)83-105-109(99,100)106-85-88(107-91(96)79-76-73-70-67-64-61-58-55-50-33-30-27-24-21-18-15-12-9-6-3)84-102-90(95)78-75-72-69-66-63-60-57-54-52-48-46-37-35-32-29-26-23-20-17-14-11-8-5-2/h7,10,16-21,25-30,34-37,39-40,48,50,52,55,86-88,92-93H,4-6,8-9,11-15,22-24,31-33,38,41-47,49,51,53-54,56-85H2,1-3H3,(H,97,98)(H,99,100)/b10-7-,19-16-,20-17-,21-18-,28-25-,29-26-,30-27-,36-34-,37-35-,40-39-,52-48-,55-50-. The van der Waals surface area contributed by atoms with Gasteiger partial charge in [0.2, 0.25) is 0 Å². The first-order valence-electron chi connectivity index (χ1n) is 43.1. The van der Waals surface area contributed by atoms with Crippen molar-refractivity contribution in [1.82, 2.24) is 0 Å². The third-order valence-corrected chi connectivity index (χ3v) is 19.9. The van der Waals surface area contributed by atoms with Crippen LogP contribution in [0.4, 0.5) is 0 Å². The number of rotatable bonds is 81. The fourth-order valence-corrected chi connectivity index (χ4v) is 13.1. The average Bonchev–Trinajstić information content (AvgIpc) is 0.902. The van der Waals surface area contributed by atoms with E-state index in [9.17, 15) is 43.5 Å². The van der Waals surface area contributed by atoms with Gasteiger partial charge in [-0.3, -0.25) is 32.5 Å². The molecule has 0 saturated heterocycles. The van der Waals surface area contributed by atoms with Gasteiger partial charge in [0.15, 0.2) is 6.10 Å². The van der Waals surface area contributed by atoms with Gasteiger partial charge < -0.3 is 34.2 Å². The van der Waals surface area contributed by atoms with Gasteiger partial charge in [0.1, 0.15) is 25.4 Å². The van der Waals surface area contributed by atoms with Crippen LogP contribution in [0.3, 0.4) is 0 Å². The Morgan fingerprint density at radius 3 is 0.771 bits per heavy atom. The van der Waals surface area contributed by atoms with Gasteiger partial charge in [-0.05, 0) is 148 Å². The molecule has 0 aliphatic rings. The van der Waals surface area contributed by atoms with Gasteiger partial charge in [-0.25, -0.2) is 9.13 Å². The van der Waals surface area contributed by atoms with Crippen LogP contribution in [0.25, 0.3) is 0 Å². The number of hydrogen-bond acceptors (Lipinski definition) is 14. The summed E-state index contributed by atoms with van der Waals surface area (Å²) in [5.41, 5.74) is 0. The summed E-state index contributed by atoms with van der Waals surface area (Å²) >= 11 is 0. The summed E-state index contributed by atoms with van der Waals surface area (Å²) in [4.78, 5) is 58.8. The van der Waals surface area contributed by atoms with Crippen molar-refractivity contribution in [3.8, 4) is 0 Å².